The van der Waals surface area contributed by atoms with Crippen LogP contribution in [0.1, 0.15) is 26.7 Å². The average Bonchev–Trinajstić information content (AvgIpc) is 2.03. The molecule has 1 radical (unpaired) electrons. The maximum Gasteiger partial charge on any atom is 0.0847 e. The van der Waals surface area contributed by atoms with Gasteiger partial charge < -0.3 is 0 Å². The van der Waals surface area contributed by atoms with Crippen LogP contribution in [-0.4, -0.2) is 16.8 Å². The summed E-state index contributed by atoms with van der Waals surface area (Å²) in [6.07, 6.45) is 2.20. The first-order valence-corrected chi connectivity index (χ1v) is 6.42. The van der Waals surface area contributed by atoms with Crippen molar-refractivity contribution in [1.29, 1.82) is 0 Å². The summed E-state index contributed by atoms with van der Waals surface area (Å²) in [5.41, 5.74) is 0. The Morgan fingerprint density at radius 2 is 1.75 bits per heavy atom. The number of halogens is 2. The first kappa shape index (κ1) is 12.9. The van der Waals surface area contributed by atoms with E-state index in [1.165, 1.54) is 0 Å². The predicted molar refractivity (Wildman–Crippen MR) is 59.6 cm³/mol. The Hall–Kier alpha value is 0.920. The molecule has 0 N–H and O–H groups in total. The smallest absolute Gasteiger partial charge is 0.0847 e. The molecule has 0 saturated carbocycles. The van der Waals surface area contributed by atoms with E-state index in [1.807, 2.05) is 6.92 Å². The molecule has 0 rings (SSSR count). The minimum absolute atomic E-state index is 0.0611. The lowest BCUT2D eigenvalue weighted by Gasteiger charge is -2.16. The van der Waals surface area contributed by atoms with Gasteiger partial charge in [-0.25, -0.2) is 5.11 Å². The van der Waals surface area contributed by atoms with E-state index in [9.17, 15) is 5.11 Å². The highest BCUT2D eigenvalue weighted by atomic mass is 79.9. The van der Waals surface area contributed by atoms with Crippen molar-refractivity contribution in [1.82, 2.24) is 0 Å². The summed E-state index contributed by atoms with van der Waals surface area (Å²) in [7, 11) is 0. The SMILES string of the molecule is CC(C[O])CC(C)CC(Br)CBr. The van der Waals surface area contributed by atoms with Crippen molar-refractivity contribution < 1.29 is 5.11 Å². The first-order valence-electron chi connectivity index (χ1n) is 4.38. The molecule has 0 aromatic heterocycles. The Balaban J connectivity index is 3.51. The fourth-order valence-corrected chi connectivity index (χ4v) is 2.25. The van der Waals surface area contributed by atoms with Crippen LogP contribution in [0, 0.1) is 11.8 Å². The summed E-state index contributed by atoms with van der Waals surface area (Å²) in [6.45, 7) is 4.30. The van der Waals surface area contributed by atoms with Crippen LogP contribution < -0.4 is 0 Å². The third-order valence-electron chi connectivity index (χ3n) is 1.91. The van der Waals surface area contributed by atoms with Crippen molar-refractivity contribution in [2.45, 2.75) is 31.5 Å². The zero-order valence-electron chi connectivity index (χ0n) is 7.72. The molecule has 0 aromatic rings. The minimum Gasteiger partial charge on any atom is -0.236 e. The molecule has 0 aliphatic rings. The van der Waals surface area contributed by atoms with Crippen molar-refractivity contribution in [2.24, 2.45) is 11.8 Å². The number of rotatable bonds is 6. The summed E-state index contributed by atoms with van der Waals surface area (Å²) in [6, 6.07) is 0. The highest BCUT2D eigenvalue weighted by Gasteiger charge is 2.12. The van der Waals surface area contributed by atoms with E-state index in [-0.39, 0.29) is 6.61 Å². The average molecular weight is 301 g/mol. The number of hydrogen-bond acceptors (Lipinski definition) is 0. The van der Waals surface area contributed by atoms with Crippen molar-refractivity contribution in [2.75, 3.05) is 11.9 Å². The summed E-state index contributed by atoms with van der Waals surface area (Å²) < 4.78 is 0. The topological polar surface area (TPSA) is 19.9 Å². The summed E-state index contributed by atoms with van der Waals surface area (Å²) in [5.74, 6) is 0.978. The summed E-state index contributed by atoms with van der Waals surface area (Å²) >= 11 is 6.98. The molecule has 0 spiro atoms. The molecular formula is C9H17Br2O. The molecule has 73 valence electrons. The van der Waals surface area contributed by atoms with Gasteiger partial charge in [0.2, 0.25) is 0 Å². The van der Waals surface area contributed by atoms with Gasteiger partial charge in [0.1, 0.15) is 0 Å². The maximum atomic E-state index is 10.5. The lowest BCUT2D eigenvalue weighted by molar-refractivity contribution is 0.138. The van der Waals surface area contributed by atoms with Crippen LogP contribution in [0.15, 0.2) is 0 Å². The fourth-order valence-electron chi connectivity index (χ4n) is 1.35. The van der Waals surface area contributed by atoms with Gasteiger partial charge >= 0.3 is 0 Å². The van der Waals surface area contributed by atoms with Crippen LogP contribution >= 0.6 is 31.9 Å². The largest absolute Gasteiger partial charge is 0.236 e. The molecular weight excluding hydrogens is 284 g/mol. The van der Waals surface area contributed by atoms with Gasteiger partial charge in [0.25, 0.3) is 0 Å². The van der Waals surface area contributed by atoms with Crippen molar-refractivity contribution in [3.8, 4) is 0 Å². The molecule has 0 fully saturated rings. The zero-order chi connectivity index (χ0) is 9.56. The van der Waals surface area contributed by atoms with Crippen molar-refractivity contribution in [3.63, 3.8) is 0 Å². The second kappa shape index (κ2) is 7.34. The van der Waals surface area contributed by atoms with Crippen LogP contribution in [-0.2, 0) is 5.11 Å². The van der Waals surface area contributed by atoms with Gasteiger partial charge in [-0.15, -0.1) is 0 Å². The number of hydrogen-bond donors (Lipinski definition) is 0. The normalized spacial score (nSPS) is 18.8. The highest BCUT2D eigenvalue weighted by Crippen LogP contribution is 2.21. The van der Waals surface area contributed by atoms with Crippen molar-refractivity contribution in [3.05, 3.63) is 0 Å². The van der Waals surface area contributed by atoms with E-state index in [1.54, 1.807) is 0 Å². The van der Waals surface area contributed by atoms with E-state index in [4.69, 9.17) is 0 Å². The molecule has 12 heavy (non-hydrogen) atoms. The van der Waals surface area contributed by atoms with Crippen molar-refractivity contribution >= 4 is 31.9 Å². The quantitative estimate of drug-likeness (QED) is 0.668. The first-order chi connectivity index (χ1) is 5.60. The molecule has 0 bridgehead atoms. The molecule has 3 heteroatoms. The molecule has 3 unspecified atom stereocenters. The number of alkyl halides is 2. The molecule has 3 atom stereocenters. The van der Waals surface area contributed by atoms with E-state index < -0.39 is 0 Å². The third kappa shape index (κ3) is 6.44. The van der Waals surface area contributed by atoms with Crippen LogP contribution in [0.4, 0.5) is 0 Å². The van der Waals surface area contributed by atoms with E-state index in [0.717, 1.165) is 18.2 Å². The molecule has 0 aliphatic carbocycles. The van der Waals surface area contributed by atoms with E-state index in [2.05, 4.69) is 38.8 Å². The van der Waals surface area contributed by atoms with Crippen LogP contribution in [0.5, 0.6) is 0 Å². The fraction of sp³-hybridized carbons (Fsp3) is 1.00. The Bertz CT molecular complexity index is 96.7. The van der Waals surface area contributed by atoms with Crippen LogP contribution in [0.3, 0.4) is 0 Å². The van der Waals surface area contributed by atoms with Gasteiger partial charge in [0.15, 0.2) is 0 Å². The molecule has 0 saturated heterocycles. The standard InChI is InChI=1S/C9H17Br2O/c1-7(3-8(2)6-12)4-9(11)5-10/h7-9H,3-6H2,1-2H3. The van der Waals surface area contributed by atoms with Gasteiger partial charge in [0.05, 0.1) is 6.61 Å². The molecule has 0 amide bonds. The van der Waals surface area contributed by atoms with Crippen LogP contribution in [0.25, 0.3) is 0 Å². The summed E-state index contributed by atoms with van der Waals surface area (Å²) in [4.78, 5) is 0.548. The molecule has 0 aliphatic heterocycles. The predicted octanol–water partition coefficient (Wildman–Crippen LogP) is 3.63. The second-order valence-electron chi connectivity index (χ2n) is 3.60. The minimum atomic E-state index is 0.0611. The lowest BCUT2D eigenvalue weighted by atomic mass is 9.94. The molecule has 1 nitrogen and oxygen atoms in total. The molecule has 0 aromatic carbocycles. The highest BCUT2D eigenvalue weighted by molar-refractivity contribution is 9.12. The maximum absolute atomic E-state index is 10.5. The van der Waals surface area contributed by atoms with Gasteiger partial charge in [-0.1, -0.05) is 45.7 Å². The monoisotopic (exact) mass is 299 g/mol. The van der Waals surface area contributed by atoms with Crippen LogP contribution in [0.2, 0.25) is 0 Å². The van der Waals surface area contributed by atoms with E-state index >= 15 is 0 Å². The Kier molecular flexibility index (Phi) is 7.90. The zero-order valence-corrected chi connectivity index (χ0v) is 10.9. The summed E-state index contributed by atoms with van der Waals surface area (Å²) in [5, 5.41) is 11.5. The molecule has 0 heterocycles. The third-order valence-corrected chi connectivity index (χ3v) is 4.26. The Morgan fingerprint density at radius 1 is 1.17 bits per heavy atom. The Labute approximate surface area is 92.2 Å². The second-order valence-corrected chi connectivity index (χ2v) is 5.54. The van der Waals surface area contributed by atoms with Gasteiger partial charge in [-0.05, 0) is 24.7 Å². The van der Waals surface area contributed by atoms with E-state index in [0.29, 0.717) is 16.7 Å². The van der Waals surface area contributed by atoms with Gasteiger partial charge in [-0.2, -0.15) is 0 Å². The van der Waals surface area contributed by atoms with Gasteiger partial charge in [0, 0.05) is 10.2 Å². The lowest BCUT2D eigenvalue weighted by Crippen LogP contribution is -2.11. The Morgan fingerprint density at radius 3 is 2.17 bits per heavy atom. The van der Waals surface area contributed by atoms with Gasteiger partial charge in [-0.3, -0.25) is 0 Å².